The summed E-state index contributed by atoms with van der Waals surface area (Å²) >= 11 is 0. The Kier molecular flexibility index (Phi) is 3.15. The first-order valence-corrected chi connectivity index (χ1v) is 9.30. The van der Waals surface area contributed by atoms with Gasteiger partial charge in [-0.25, -0.2) is 0 Å². The van der Waals surface area contributed by atoms with Crippen LogP contribution in [-0.2, 0) is 5.41 Å². The number of rotatable bonds is 0. The van der Waals surface area contributed by atoms with Gasteiger partial charge in [-0.1, -0.05) is 81.4 Å². The lowest BCUT2D eigenvalue weighted by atomic mass is 9.81. The first-order chi connectivity index (χ1) is 12.5. The highest BCUT2D eigenvalue weighted by Crippen LogP contribution is 2.38. The molecular formula is C26H22. The Labute approximate surface area is 154 Å². The fourth-order valence-corrected chi connectivity index (χ4v) is 4.23. The molecule has 0 bridgehead atoms. The minimum absolute atomic E-state index is 0.117. The van der Waals surface area contributed by atoms with E-state index < -0.39 is 0 Å². The molecule has 0 radical (unpaired) electrons. The molecular weight excluding hydrogens is 312 g/mol. The third-order valence-electron chi connectivity index (χ3n) is 5.53. The molecule has 0 saturated carbocycles. The van der Waals surface area contributed by atoms with Gasteiger partial charge in [0.2, 0.25) is 0 Å². The zero-order chi connectivity index (χ0) is 17.9. The molecule has 26 heavy (non-hydrogen) atoms. The molecule has 0 aliphatic heterocycles. The predicted molar refractivity (Wildman–Crippen MR) is 115 cm³/mol. The van der Waals surface area contributed by atoms with Gasteiger partial charge in [-0.2, -0.15) is 0 Å². The summed E-state index contributed by atoms with van der Waals surface area (Å²) in [6, 6.07) is 29.1. The van der Waals surface area contributed by atoms with Crippen LogP contribution in [0.15, 0.2) is 78.9 Å². The largest absolute Gasteiger partial charge is 0.0616 e. The second-order valence-corrected chi connectivity index (χ2v) is 8.30. The predicted octanol–water partition coefficient (Wildman–Crippen LogP) is 7.60. The van der Waals surface area contributed by atoms with Crippen molar-refractivity contribution in [3.05, 3.63) is 84.4 Å². The average Bonchev–Trinajstić information content (AvgIpc) is 2.65. The Morgan fingerprint density at radius 1 is 0.462 bits per heavy atom. The molecule has 0 atom stereocenters. The molecule has 5 aromatic rings. The highest BCUT2D eigenvalue weighted by Gasteiger charge is 2.18. The van der Waals surface area contributed by atoms with Crippen molar-refractivity contribution in [1.82, 2.24) is 0 Å². The first-order valence-electron chi connectivity index (χ1n) is 9.30. The van der Waals surface area contributed by atoms with Gasteiger partial charge in [0, 0.05) is 0 Å². The van der Waals surface area contributed by atoms with Crippen LogP contribution < -0.4 is 0 Å². The lowest BCUT2D eigenvalue weighted by Crippen LogP contribution is -2.11. The molecule has 5 rings (SSSR count). The van der Waals surface area contributed by atoms with E-state index in [9.17, 15) is 0 Å². The van der Waals surface area contributed by atoms with Crippen molar-refractivity contribution in [2.45, 2.75) is 26.2 Å². The maximum absolute atomic E-state index is 2.40. The van der Waals surface area contributed by atoms with Crippen LogP contribution in [-0.4, -0.2) is 0 Å². The van der Waals surface area contributed by atoms with Crippen molar-refractivity contribution in [2.75, 3.05) is 0 Å². The Hall–Kier alpha value is -2.86. The summed E-state index contributed by atoms with van der Waals surface area (Å²) in [5.74, 6) is 0. The van der Waals surface area contributed by atoms with Crippen LogP contribution in [0.1, 0.15) is 26.3 Å². The van der Waals surface area contributed by atoms with E-state index in [1.54, 1.807) is 0 Å². The van der Waals surface area contributed by atoms with E-state index in [-0.39, 0.29) is 5.41 Å². The third-order valence-corrected chi connectivity index (χ3v) is 5.53. The zero-order valence-corrected chi connectivity index (χ0v) is 15.5. The lowest BCUT2D eigenvalue weighted by Gasteiger charge is -2.23. The number of fused-ring (bicyclic) bond motifs is 6. The molecule has 0 heteroatoms. The van der Waals surface area contributed by atoms with Gasteiger partial charge >= 0.3 is 0 Å². The standard InChI is InChI=1S/C26H22/c1-26(2,3)25-15-19-14-18-13-12-17-8-4-5-9-20(17)23(18)16-24(19)21-10-6-7-11-22(21)25/h4-16H,1-3H3. The van der Waals surface area contributed by atoms with Crippen LogP contribution in [0, 0.1) is 0 Å². The SMILES string of the molecule is CC(C)(C)c1cc2cc3ccc4ccccc4c3cc2c2ccccc12. The summed E-state index contributed by atoms with van der Waals surface area (Å²) in [6.07, 6.45) is 0. The summed E-state index contributed by atoms with van der Waals surface area (Å²) in [4.78, 5) is 0. The Morgan fingerprint density at radius 2 is 1.08 bits per heavy atom. The first kappa shape index (κ1) is 15.4. The van der Waals surface area contributed by atoms with Gasteiger partial charge in [0.15, 0.2) is 0 Å². The second-order valence-electron chi connectivity index (χ2n) is 8.30. The van der Waals surface area contributed by atoms with Crippen LogP contribution in [0.2, 0.25) is 0 Å². The molecule has 126 valence electrons. The van der Waals surface area contributed by atoms with Gasteiger partial charge in [-0.3, -0.25) is 0 Å². The Bertz CT molecular complexity index is 1300. The van der Waals surface area contributed by atoms with Crippen molar-refractivity contribution < 1.29 is 0 Å². The topological polar surface area (TPSA) is 0 Å². The van der Waals surface area contributed by atoms with E-state index in [0.29, 0.717) is 0 Å². The number of hydrogen-bond donors (Lipinski definition) is 0. The maximum atomic E-state index is 2.40. The van der Waals surface area contributed by atoms with Crippen molar-refractivity contribution in [3.8, 4) is 0 Å². The molecule has 0 unspecified atom stereocenters. The van der Waals surface area contributed by atoms with Crippen molar-refractivity contribution in [3.63, 3.8) is 0 Å². The fourth-order valence-electron chi connectivity index (χ4n) is 4.23. The quantitative estimate of drug-likeness (QED) is 0.202. The average molecular weight is 334 g/mol. The van der Waals surface area contributed by atoms with Gasteiger partial charge in [0.1, 0.15) is 0 Å². The van der Waals surface area contributed by atoms with Crippen molar-refractivity contribution >= 4 is 43.1 Å². The normalized spacial score (nSPS) is 12.4. The highest BCUT2D eigenvalue weighted by molar-refractivity contribution is 6.18. The van der Waals surface area contributed by atoms with E-state index in [4.69, 9.17) is 0 Å². The minimum atomic E-state index is 0.117. The lowest BCUT2D eigenvalue weighted by molar-refractivity contribution is 0.596. The van der Waals surface area contributed by atoms with Crippen molar-refractivity contribution in [1.29, 1.82) is 0 Å². The second kappa shape index (κ2) is 5.32. The fraction of sp³-hybridized carbons (Fsp3) is 0.154. The van der Waals surface area contributed by atoms with E-state index >= 15 is 0 Å². The van der Waals surface area contributed by atoms with Gasteiger partial charge < -0.3 is 0 Å². The van der Waals surface area contributed by atoms with Gasteiger partial charge in [-0.05, 0) is 72.3 Å². The smallest absolute Gasteiger partial charge is 0.00986 e. The zero-order valence-electron chi connectivity index (χ0n) is 15.5. The Morgan fingerprint density at radius 3 is 1.85 bits per heavy atom. The summed E-state index contributed by atoms with van der Waals surface area (Å²) in [5.41, 5.74) is 1.53. The number of benzene rings is 5. The van der Waals surface area contributed by atoms with Gasteiger partial charge in [0.05, 0.1) is 0 Å². The maximum Gasteiger partial charge on any atom is -0.00986 e. The van der Waals surface area contributed by atoms with E-state index in [1.807, 2.05) is 0 Å². The van der Waals surface area contributed by atoms with Crippen LogP contribution in [0.25, 0.3) is 43.1 Å². The molecule has 0 saturated heterocycles. The molecule has 0 heterocycles. The summed E-state index contributed by atoms with van der Waals surface area (Å²) in [5, 5.41) is 10.7. The molecule has 0 aromatic heterocycles. The summed E-state index contributed by atoms with van der Waals surface area (Å²) in [6.45, 7) is 6.90. The van der Waals surface area contributed by atoms with Gasteiger partial charge in [0.25, 0.3) is 0 Å². The third kappa shape index (κ3) is 2.22. The minimum Gasteiger partial charge on any atom is -0.0616 e. The van der Waals surface area contributed by atoms with Crippen LogP contribution in [0.5, 0.6) is 0 Å². The summed E-state index contributed by atoms with van der Waals surface area (Å²) < 4.78 is 0. The monoisotopic (exact) mass is 334 g/mol. The van der Waals surface area contributed by atoms with E-state index in [1.165, 1.54) is 48.7 Å². The number of hydrogen-bond acceptors (Lipinski definition) is 0. The molecule has 0 aliphatic rings. The van der Waals surface area contributed by atoms with Crippen LogP contribution >= 0.6 is 0 Å². The molecule has 0 spiro atoms. The van der Waals surface area contributed by atoms with E-state index in [2.05, 4.69) is 99.6 Å². The van der Waals surface area contributed by atoms with Crippen molar-refractivity contribution in [2.24, 2.45) is 0 Å². The van der Waals surface area contributed by atoms with Crippen LogP contribution in [0.3, 0.4) is 0 Å². The molecule has 5 aromatic carbocycles. The van der Waals surface area contributed by atoms with Gasteiger partial charge in [-0.15, -0.1) is 0 Å². The molecule has 0 fully saturated rings. The molecule has 0 amide bonds. The van der Waals surface area contributed by atoms with Crippen LogP contribution in [0.4, 0.5) is 0 Å². The highest BCUT2D eigenvalue weighted by atomic mass is 14.2. The molecule has 0 N–H and O–H groups in total. The molecule has 0 nitrogen and oxygen atoms in total. The molecule has 0 aliphatic carbocycles. The Balaban J connectivity index is 2.01. The summed E-state index contributed by atoms with van der Waals surface area (Å²) in [7, 11) is 0. The van der Waals surface area contributed by atoms with E-state index in [0.717, 1.165) is 0 Å².